The predicted molar refractivity (Wildman–Crippen MR) is 115 cm³/mol. The van der Waals surface area contributed by atoms with Gasteiger partial charge in [-0.05, 0) is 56.5 Å². The average Bonchev–Trinajstić information content (AvgIpc) is 3.13. The topological polar surface area (TPSA) is 32.3 Å². The van der Waals surface area contributed by atoms with Crippen LogP contribution in [-0.4, -0.2) is 29.6 Å². The number of amides is 1. The van der Waals surface area contributed by atoms with E-state index >= 15 is 0 Å². The standard InChI is InChI=1S/C23H30N2OS/c1-18-11-19(2)13-22(12-18)16-27-17-23(26)24-14-20-5-7-21(8-6-20)15-25-9-3-4-10-25/h5-8,11-13H,3-4,9-10,14-17H2,1-2H3,(H,24,26). The number of nitrogens with zero attached hydrogens (tertiary/aromatic N) is 1. The third-order valence-electron chi connectivity index (χ3n) is 4.90. The molecule has 1 aliphatic rings. The SMILES string of the molecule is Cc1cc(C)cc(CSCC(=O)NCc2ccc(CN3CCCC3)cc2)c1. The first-order valence-electron chi connectivity index (χ1n) is 9.80. The Morgan fingerprint density at radius 1 is 0.963 bits per heavy atom. The molecule has 0 atom stereocenters. The van der Waals surface area contributed by atoms with Crippen LogP contribution in [0, 0.1) is 13.8 Å². The first kappa shape index (κ1) is 20.0. The van der Waals surface area contributed by atoms with Crippen molar-refractivity contribution in [1.29, 1.82) is 0 Å². The van der Waals surface area contributed by atoms with Crippen molar-refractivity contribution < 1.29 is 4.79 Å². The smallest absolute Gasteiger partial charge is 0.230 e. The van der Waals surface area contributed by atoms with Crippen LogP contribution in [0.15, 0.2) is 42.5 Å². The van der Waals surface area contributed by atoms with Crippen LogP contribution in [-0.2, 0) is 23.6 Å². The average molecular weight is 383 g/mol. The van der Waals surface area contributed by atoms with Crippen LogP contribution in [0.4, 0.5) is 0 Å². The molecule has 0 bridgehead atoms. The van der Waals surface area contributed by atoms with Gasteiger partial charge in [0, 0.05) is 18.8 Å². The summed E-state index contributed by atoms with van der Waals surface area (Å²) in [4.78, 5) is 14.6. The molecule has 27 heavy (non-hydrogen) atoms. The first-order chi connectivity index (χ1) is 13.1. The van der Waals surface area contributed by atoms with Crippen molar-refractivity contribution in [3.63, 3.8) is 0 Å². The van der Waals surface area contributed by atoms with Gasteiger partial charge in [-0.25, -0.2) is 0 Å². The number of carbonyl (C=O) groups excluding carboxylic acids is 1. The maximum Gasteiger partial charge on any atom is 0.230 e. The minimum Gasteiger partial charge on any atom is -0.351 e. The van der Waals surface area contributed by atoms with E-state index in [4.69, 9.17) is 0 Å². The highest BCUT2D eigenvalue weighted by atomic mass is 32.2. The van der Waals surface area contributed by atoms with E-state index in [1.54, 1.807) is 11.8 Å². The number of benzene rings is 2. The summed E-state index contributed by atoms with van der Waals surface area (Å²) in [6.07, 6.45) is 2.65. The molecule has 0 radical (unpaired) electrons. The van der Waals surface area contributed by atoms with E-state index in [9.17, 15) is 4.79 Å². The fourth-order valence-electron chi connectivity index (χ4n) is 3.63. The molecule has 1 heterocycles. The van der Waals surface area contributed by atoms with Crippen molar-refractivity contribution >= 4 is 17.7 Å². The number of nitrogens with one attached hydrogen (secondary N) is 1. The quantitative estimate of drug-likeness (QED) is 0.732. The summed E-state index contributed by atoms with van der Waals surface area (Å²) in [6, 6.07) is 15.2. The second-order valence-corrected chi connectivity index (χ2v) is 8.55. The fraction of sp³-hybridized carbons (Fsp3) is 0.435. The molecule has 1 amide bonds. The van der Waals surface area contributed by atoms with Crippen LogP contribution in [0.2, 0.25) is 0 Å². The van der Waals surface area contributed by atoms with Gasteiger partial charge >= 0.3 is 0 Å². The van der Waals surface area contributed by atoms with Gasteiger partial charge in [-0.15, -0.1) is 11.8 Å². The monoisotopic (exact) mass is 382 g/mol. The largest absolute Gasteiger partial charge is 0.351 e. The summed E-state index contributed by atoms with van der Waals surface area (Å²) in [6.45, 7) is 8.32. The Balaban J connectivity index is 1.37. The lowest BCUT2D eigenvalue weighted by Gasteiger charge is -2.14. The van der Waals surface area contributed by atoms with Crippen LogP contribution in [0.1, 0.15) is 40.7 Å². The summed E-state index contributed by atoms with van der Waals surface area (Å²) in [7, 11) is 0. The Bertz CT molecular complexity index is 731. The van der Waals surface area contributed by atoms with Crippen molar-refractivity contribution in [2.45, 2.75) is 45.5 Å². The van der Waals surface area contributed by atoms with Gasteiger partial charge in [0.15, 0.2) is 0 Å². The molecule has 144 valence electrons. The molecular weight excluding hydrogens is 352 g/mol. The van der Waals surface area contributed by atoms with E-state index in [2.05, 4.69) is 66.5 Å². The van der Waals surface area contributed by atoms with Gasteiger partial charge in [0.1, 0.15) is 0 Å². The van der Waals surface area contributed by atoms with E-state index in [0.717, 1.165) is 17.9 Å². The third-order valence-corrected chi connectivity index (χ3v) is 5.90. The minimum atomic E-state index is 0.102. The lowest BCUT2D eigenvalue weighted by atomic mass is 10.1. The van der Waals surface area contributed by atoms with Crippen molar-refractivity contribution in [2.24, 2.45) is 0 Å². The predicted octanol–water partition coefficient (Wildman–Crippen LogP) is 4.45. The maximum atomic E-state index is 12.1. The second kappa shape index (κ2) is 9.95. The Morgan fingerprint density at radius 3 is 2.26 bits per heavy atom. The van der Waals surface area contributed by atoms with Gasteiger partial charge in [-0.2, -0.15) is 0 Å². The van der Waals surface area contributed by atoms with Crippen LogP contribution in [0.3, 0.4) is 0 Å². The van der Waals surface area contributed by atoms with E-state index in [1.807, 2.05) is 0 Å². The molecule has 1 saturated heterocycles. The van der Waals surface area contributed by atoms with Gasteiger partial charge in [-0.3, -0.25) is 9.69 Å². The van der Waals surface area contributed by atoms with Crippen LogP contribution in [0.5, 0.6) is 0 Å². The second-order valence-electron chi connectivity index (χ2n) is 7.57. The Kier molecular flexibility index (Phi) is 7.36. The van der Waals surface area contributed by atoms with E-state index in [1.165, 1.54) is 48.2 Å². The van der Waals surface area contributed by atoms with Gasteiger partial charge in [-0.1, -0.05) is 53.6 Å². The van der Waals surface area contributed by atoms with E-state index in [0.29, 0.717) is 12.3 Å². The van der Waals surface area contributed by atoms with Crippen molar-refractivity contribution in [2.75, 3.05) is 18.8 Å². The summed E-state index contributed by atoms with van der Waals surface area (Å²) >= 11 is 1.67. The Morgan fingerprint density at radius 2 is 1.59 bits per heavy atom. The maximum absolute atomic E-state index is 12.1. The van der Waals surface area contributed by atoms with Crippen molar-refractivity contribution in [3.05, 3.63) is 70.3 Å². The molecule has 2 aromatic carbocycles. The molecule has 1 fully saturated rings. The molecule has 4 heteroatoms. The number of rotatable bonds is 8. The van der Waals surface area contributed by atoms with Crippen molar-refractivity contribution in [3.8, 4) is 0 Å². The molecule has 0 aliphatic carbocycles. The number of aryl methyl sites for hydroxylation is 2. The summed E-state index contributed by atoms with van der Waals surface area (Å²) < 4.78 is 0. The number of hydrogen-bond donors (Lipinski definition) is 1. The molecular formula is C23H30N2OS. The van der Waals surface area contributed by atoms with Crippen LogP contribution < -0.4 is 5.32 Å². The molecule has 0 unspecified atom stereocenters. The molecule has 0 aromatic heterocycles. The third kappa shape index (κ3) is 6.71. The molecule has 1 aliphatic heterocycles. The lowest BCUT2D eigenvalue weighted by Crippen LogP contribution is -2.24. The molecule has 0 spiro atoms. The van der Waals surface area contributed by atoms with E-state index < -0.39 is 0 Å². The van der Waals surface area contributed by atoms with Gasteiger partial charge < -0.3 is 5.32 Å². The molecule has 0 saturated carbocycles. The van der Waals surface area contributed by atoms with E-state index in [-0.39, 0.29) is 5.91 Å². The number of likely N-dealkylation sites (tertiary alicyclic amines) is 1. The lowest BCUT2D eigenvalue weighted by molar-refractivity contribution is -0.118. The number of thioether (sulfide) groups is 1. The summed E-state index contributed by atoms with van der Waals surface area (Å²) in [5, 5.41) is 3.03. The zero-order valence-electron chi connectivity index (χ0n) is 16.5. The van der Waals surface area contributed by atoms with Crippen molar-refractivity contribution in [1.82, 2.24) is 10.2 Å². The Hall–Kier alpha value is -1.78. The van der Waals surface area contributed by atoms with Gasteiger partial charge in [0.05, 0.1) is 5.75 Å². The summed E-state index contributed by atoms with van der Waals surface area (Å²) in [5.41, 5.74) is 6.37. The number of carbonyl (C=O) groups is 1. The number of hydrogen-bond acceptors (Lipinski definition) is 3. The minimum absolute atomic E-state index is 0.102. The zero-order chi connectivity index (χ0) is 19.1. The van der Waals surface area contributed by atoms with Crippen LogP contribution >= 0.6 is 11.8 Å². The molecule has 3 nitrogen and oxygen atoms in total. The zero-order valence-corrected chi connectivity index (χ0v) is 17.3. The highest BCUT2D eigenvalue weighted by molar-refractivity contribution is 7.99. The molecule has 1 N–H and O–H groups in total. The highest BCUT2D eigenvalue weighted by Gasteiger charge is 2.11. The van der Waals surface area contributed by atoms with Gasteiger partial charge in [0.25, 0.3) is 0 Å². The fourth-order valence-corrected chi connectivity index (χ4v) is 4.42. The molecule has 2 aromatic rings. The first-order valence-corrected chi connectivity index (χ1v) is 11.0. The van der Waals surface area contributed by atoms with Crippen LogP contribution in [0.25, 0.3) is 0 Å². The Labute approximate surface area is 167 Å². The normalized spacial score (nSPS) is 14.4. The summed E-state index contributed by atoms with van der Waals surface area (Å²) in [5.74, 6) is 1.48. The highest BCUT2D eigenvalue weighted by Crippen LogP contribution is 2.16. The van der Waals surface area contributed by atoms with Gasteiger partial charge in [0.2, 0.25) is 5.91 Å². The molecule has 3 rings (SSSR count).